The van der Waals surface area contributed by atoms with Crippen molar-refractivity contribution in [1.29, 1.82) is 0 Å². The number of nitrogens with zero attached hydrogens (tertiary/aromatic N) is 1. The third-order valence-electron chi connectivity index (χ3n) is 3.68. The van der Waals surface area contributed by atoms with E-state index >= 15 is 0 Å². The van der Waals surface area contributed by atoms with Crippen molar-refractivity contribution in [3.8, 4) is 5.75 Å². The van der Waals surface area contributed by atoms with Gasteiger partial charge in [0.15, 0.2) is 0 Å². The molecule has 23 heavy (non-hydrogen) atoms. The summed E-state index contributed by atoms with van der Waals surface area (Å²) in [5, 5.41) is 14.4. The van der Waals surface area contributed by atoms with Crippen LogP contribution in [0, 0.1) is 6.92 Å². The van der Waals surface area contributed by atoms with Gasteiger partial charge in [0.25, 0.3) is 0 Å². The highest BCUT2D eigenvalue weighted by Crippen LogP contribution is 2.30. The van der Waals surface area contributed by atoms with Gasteiger partial charge in [-0.2, -0.15) is 0 Å². The molecule has 0 fully saturated rings. The molecule has 0 saturated carbocycles. The molecule has 5 nitrogen and oxygen atoms in total. The standard InChI is InChI=1S/C17H22N2O3S/c1-11-10-23-16(22)19(11)8-7-15(21)18-13-9-12(17(2,3)4)5-6-14(13)20/h5-6,9-10,20H,7-8H2,1-4H3,(H,18,21). The molecular formula is C17H22N2O3S. The van der Waals surface area contributed by atoms with Gasteiger partial charge in [-0.25, -0.2) is 0 Å². The third kappa shape index (κ3) is 4.22. The number of aryl methyl sites for hydroxylation is 1. The zero-order valence-electron chi connectivity index (χ0n) is 13.8. The van der Waals surface area contributed by atoms with Gasteiger partial charge in [0.1, 0.15) is 5.75 Å². The maximum atomic E-state index is 12.1. The van der Waals surface area contributed by atoms with E-state index in [1.807, 2.05) is 13.0 Å². The van der Waals surface area contributed by atoms with Crippen molar-refractivity contribution in [2.45, 2.75) is 46.1 Å². The molecule has 1 heterocycles. The molecule has 0 spiro atoms. The van der Waals surface area contributed by atoms with Gasteiger partial charge in [-0.3, -0.25) is 9.59 Å². The van der Waals surface area contributed by atoms with Crippen molar-refractivity contribution >= 4 is 22.9 Å². The first-order chi connectivity index (χ1) is 10.7. The van der Waals surface area contributed by atoms with Crippen LogP contribution in [-0.4, -0.2) is 15.6 Å². The van der Waals surface area contributed by atoms with Crippen LogP contribution in [0.2, 0.25) is 0 Å². The second-order valence-corrected chi connectivity index (χ2v) is 7.40. The number of benzene rings is 1. The topological polar surface area (TPSA) is 71.3 Å². The molecule has 0 saturated heterocycles. The number of anilines is 1. The smallest absolute Gasteiger partial charge is 0.307 e. The van der Waals surface area contributed by atoms with Crippen molar-refractivity contribution < 1.29 is 9.90 Å². The zero-order valence-corrected chi connectivity index (χ0v) is 14.7. The molecule has 1 amide bonds. The van der Waals surface area contributed by atoms with Crippen molar-refractivity contribution in [2.24, 2.45) is 0 Å². The Morgan fingerprint density at radius 3 is 2.61 bits per heavy atom. The number of hydrogen-bond acceptors (Lipinski definition) is 4. The van der Waals surface area contributed by atoms with E-state index in [4.69, 9.17) is 0 Å². The molecule has 0 atom stereocenters. The highest BCUT2D eigenvalue weighted by Gasteiger charge is 2.16. The van der Waals surface area contributed by atoms with Crippen molar-refractivity contribution in [3.63, 3.8) is 0 Å². The molecule has 0 bridgehead atoms. The molecule has 2 N–H and O–H groups in total. The van der Waals surface area contributed by atoms with Crippen molar-refractivity contribution in [2.75, 3.05) is 5.32 Å². The average molecular weight is 334 g/mol. The van der Waals surface area contributed by atoms with Crippen molar-refractivity contribution in [1.82, 2.24) is 4.57 Å². The van der Waals surface area contributed by atoms with Crippen LogP contribution in [-0.2, 0) is 16.8 Å². The van der Waals surface area contributed by atoms with E-state index in [2.05, 4.69) is 26.1 Å². The number of phenols is 1. The minimum atomic E-state index is -0.233. The SMILES string of the molecule is Cc1csc(=O)n1CCC(=O)Nc1cc(C(C)(C)C)ccc1O. The third-order valence-corrected chi connectivity index (χ3v) is 4.56. The summed E-state index contributed by atoms with van der Waals surface area (Å²) in [6.45, 7) is 8.37. The first-order valence-corrected chi connectivity index (χ1v) is 8.35. The molecule has 0 aliphatic rings. The van der Waals surface area contributed by atoms with Gasteiger partial charge < -0.3 is 15.0 Å². The van der Waals surface area contributed by atoms with E-state index < -0.39 is 0 Å². The maximum Gasteiger partial charge on any atom is 0.307 e. The van der Waals surface area contributed by atoms with E-state index in [-0.39, 0.29) is 28.4 Å². The Morgan fingerprint density at radius 1 is 1.35 bits per heavy atom. The van der Waals surface area contributed by atoms with Crippen LogP contribution in [0.1, 0.15) is 38.4 Å². The van der Waals surface area contributed by atoms with Crippen LogP contribution in [0.3, 0.4) is 0 Å². The molecule has 2 rings (SSSR count). The van der Waals surface area contributed by atoms with E-state index in [9.17, 15) is 14.7 Å². The number of nitrogens with one attached hydrogen (secondary N) is 1. The number of aromatic nitrogens is 1. The molecule has 0 aliphatic carbocycles. The first-order valence-electron chi connectivity index (χ1n) is 7.47. The predicted octanol–water partition coefficient (Wildman–Crippen LogP) is 3.25. The number of phenolic OH excluding ortho intramolecular Hbond substituents is 1. The summed E-state index contributed by atoms with van der Waals surface area (Å²) < 4.78 is 1.58. The largest absolute Gasteiger partial charge is 0.506 e. The molecule has 0 radical (unpaired) electrons. The Balaban J connectivity index is 2.07. The zero-order chi connectivity index (χ0) is 17.2. The van der Waals surface area contributed by atoms with E-state index in [0.717, 1.165) is 22.6 Å². The summed E-state index contributed by atoms with van der Waals surface area (Å²) in [7, 11) is 0. The quantitative estimate of drug-likeness (QED) is 0.843. The average Bonchev–Trinajstić information content (AvgIpc) is 2.77. The van der Waals surface area contributed by atoms with Crippen LogP contribution >= 0.6 is 11.3 Å². The molecule has 6 heteroatoms. The van der Waals surface area contributed by atoms with E-state index in [1.54, 1.807) is 22.1 Å². The summed E-state index contributed by atoms with van der Waals surface area (Å²) in [4.78, 5) is 23.7. The van der Waals surface area contributed by atoms with Gasteiger partial charge in [-0.1, -0.05) is 38.2 Å². The summed E-state index contributed by atoms with van der Waals surface area (Å²) in [5.41, 5.74) is 2.20. The molecular weight excluding hydrogens is 312 g/mol. The summed E-state index contributed by atoms with van der Waals surface area (Å²) in [6, 6.07) is 5.22. The number of carbonyl (C=O) groups is 1. The maximum absolute atomic E-state index is 12.1. The molecule has 0 unspecified atom stereocenters. The number of aromatic hydroxyl groups is 1. The van der Waals surface area contributed by atoms with Crippen molar-refractivity contribution in [3.05, 3.63) is 44.5 Å². The fourth-order valence-corrected chi connectivity index (χ4v) is 2.96. The number of rotatable bonds is 4. The van der Waals surface area contributed by atoms with E-state index in [0.29, 0.717) is 12.2 Å². The van der Waals surface area contributed by atoms with Crippen LogP contribution < -0.4 is 10.2 Å². The monoisotopic (exact) mass is 334 g/mol. The predicted molar refractivity (Wildman–Crippen MR) is 93.4 cm³/mol. The Bertz CT molecular complexity index is 769. The Hall–Kier alpha value is -2.08. The number of amides is 1. The van der Waals surface area contributed by atoms with Gasteiger partial charge >= 0.3 is 4.87 Å². The first kappa shape index (κ1) is 17.3. The molecule has 1 aromatic heterocycles. The highest BCUT2D eigenvalue weighted by molar-refractivity contribution is 7.07. The lowest BCUT2D eigenvalue weighted by Crippen LogP contribution is -2.20. The normalized spacial score (nSPS) is 11.5. The van der Waals surface area contributed by atoms with Gasteiger partial charge in [0, 0.05) is 24.0 Å². The number of carbonyl (C=O) groups excluding carboxylic acids is 1. The lowest BCUT2D eigenvalue weighted by Gasteiger charge is -2.20. The Kier molecular flexibility index (Phi) is 4.94. The second-order valence-electron chi connectivity index (χ2n) is 6.57. The molecule has 2 aromatic rings. The Morgan fingerprint density at radius 2 is 2.04 bits per heavy atom. The Labute approximate surface area is 139 Å². The van der Waals surface area contributed by atoms with Crippen LogP contribution in [0.4, 0.5) is 5.69 Å². The van der Waals surface area contributed by atoms with E-state index in [1.165, 1.54) is 0 Å². The van der Waals surface area contributed by atoms with Gasteiger partial charge in [0.05, 0.1) is 5.69 Å². The lowest BCUT2D eigenvalue weighted by atomic mass is 9.87. The van der Waals surface area contributed by atoms with Crippen LogP contribution in [0.25, 0.3) is 0 Å². The summed E-state index contributed by atoms with van der Waals surface area (Å²) in [6.07, 6.45) is 0.177. The minimum absolute atomic E-state index is 0.0373. The van der Waals surface area contributed by atoms with Gasteiger partial charge in [-0.05, 0) is 30.0 Å². The second kappa shape index (κ2) is 6.58. The number of hydrogen-bond donors (Lipinski definition) is 2. The minimum Gasteiger partial charge on any atom is -0.506 e. The van der Waals surface area contributed by atoms with Gasteiger partial charge in [-0.15, -0.1) is 0 Å². The van der Waals surface area contributed by atoms with Gasteiger partial charge in [0.2, 0.25) is 5.91 Å². The highest BCUT2D eigenvalue weighted by atomic mass is 32.1. The number of thiazole rings is 1. The molecule has 124 valence electrons. The summed E-state index contributed by atoms with van der Waals surface area (Å²) in [5.74, 6) is -0.195. The molecule has 1 aromatic carbocycles. The fourth-order valence-electron chi connectivity index (χ4n) is 2.20. The summed E-state index contributed by atoms with van der Waals surface area (Å²) >= 11 is 1.13. The fraction of sp³-hybridized carbons (Fsp3) is 0.412. The van der Waals surface area contributed by atoms with Crippen LogP contribution in [0.5, 0.6) is 5.75 Å². The molecule has 0 aliphatic heterocycles. The van der Waals surface area contributed by atoms with Crippen LogP contribution in [0.15, 0.2) is 28.4 Å². The lowest BCUT2D eigenvalue weighted by molar-refractivity contribution is -0.116.